The second-order valence-electron chi connectivity index (χ2n) is 0.491. The van der Waals surface area contributed by atoms with Crippen molar-refractivity contribution in [1.82, 2.24) is 0 Å². The number of phosphoric acid groups is 1. The van der Waals surface area contributed by atoms with Crippen LogP contribution in [-0.4, -0.2) is 42.6 Å². The Morgan fingerprint density at radius 3 is 0.833 bits per heavy atom. The second kappa shape index (κ2) is 29.7. The Morgan fingerprint density at radius 2 is 0.833 bits per heavy atom. The summed E-state index contributed by atoms with van der Waals surface area (Å²) in [6.45, 7) is 0. The van der Waals surface area contributed by atoms with Crippen LogP contribution in [0.4, 0.5) is 0 Å². The standard InChI is InChI=1S/Na.H3O4P.6H2O/c;1-5(2,3)4;;;;;;/h;(H3,1,2,3,4);6*1H2/q+1;;;;;;;/p-1. The van der Waals surface area contributed by atoms with Crippen molar-refractivity contribution < 1.29 is 81.7 Å². The zero-order valence-corrected chi connectivity index (χ0v) is 9.05. The van der Waals surface area contributed by atoms with Crippen molar-refractivity contribution in [2.45, 2.75) is 0 Å². The van der Waals surface area contributed by atoms with Crippen LogP contribution in [0.3, 0.4) is 0 Å². The van der Waals surface area contributed by atoms with Gasteiger partial charge in [-0.3, -0.25) is 4.57 Å². The van der Waals surface area contributed by atoms with E-state index in [1.165, 1.54) is 0 Å². The molecule has 0 aliphatic carbocycles. The first-order chi connectivity index (χ1) is 2.00. The maximum absolute atomic E-state index is 8.77. The summed E-state index contributed by atoms with van der Waals surface area (Å²) in [5.41, 5.74) is 0. The third-order valence-corrected chi connectivity index (χ3v) is 0. The van der Waals surface area contributed by atoms with Crippen molar-refractivity contribution in [3.8, 4) is 0 Å². The van der Waals surface area contributed by atoms with E-state index in [0.717, 1.165) is 0 Å². The van der Waals surface area contributed by atoms with Gasteiger partial charge in [0, 0.05) is 0 Å². The molecule has 0 aliphatic rings. The molecular formula is H14NaO10P. The molecule has 80 valence electrons. The number of hydrogen-bond acceptors (Lipinski definition) is 2. The summed E-state index contributed by atoms with van der Waals surface area (Å²) in [5.74, 6) is 0. The van der Waals surface area contributed by atoms with E-state index in [1.54, 1.807) is 0 Å². The largest absolute Gasteiger partial charge is 1.00 e. The summed E-state index contributed by atoms with van der Waals surface area (Å²) < 4.78 is 8.77. The molecule has 0 spiro atoms. The molecule has 0 rings (SSSR count). The molecule has 0 aromatic carbocycles. The van der Waals surface area contributed by atoms with Crippen LogP contribution in [0.1, 0.15) is 0 Å². The summed E-state index contributed by atoms with van der Waals surface area (Å²) in [4.78, 5) is 22.9. The summed E-state index contributed by atoms with van der Waals surface area (Å²) in [7, 11) is -4.89. The Balaban J connectivity index is -0.00000000381. The number of hydrogen-bond donors (Lipinski definition) is 2. The van der Waals surface area contributed by atoms with Gasteiger partial charge in [-0.15, -0.1) is 0 Å². The summed E-state index contributed by atoms with van der Waals surface area (Å²) in [6, 6.07) is 0. The fourth-order valence-electron chi connectivity index (χ4n) is 0. The van der Waals surface area contributed by atoms with Crippen LogP contribution in [0.5, 0.6) is 0 Å². The van der Waals surface area contributed by atoms with Crippen LogP contribution in [-0.2, 0) is 4.57 Å². The van der Waals surface area contributed by atoms with Gasteiger partial charge in [0.15, 0.2) is 0 Å². The summed E-state index contributed by atoms with van der Waals surface area (Å²) in [6.07, 6.45) is 0. The molecule has 0 aromatic rings. The third kappa shape index (κ3) is 1400. The van der Waals surface area contributed by atoms with Gasteiger partial charge in [0.05, 0.1) is 0 Å². The minimum Gasteiger partial charge on any atom is -0.756 e. The zero-order valence-electron chi connectivity index (χ0n) is 6.16. The van der Waals surface area contributed by atoms with Gasteiger partial charge in [0.25, 0.3) is 7.82 Å². The van der Waals surface area contributed by atoms with Crippen LogP contribution in [0.25, 0.3) is 0 Å². The van der Waals surface area contributed by atoms with E-state index in [0.29, 0.717) is 0 Å². The first kappa shape index (κ1) is 76.5. The van der Waals surface area contributed by atoms with Gasteiger partial charge >= 0.3 is 29.6 Å². The van der Waals surface area contributed by atoms with Crippen molar-refractivity contribution >= 4 is 7.82 Å². The minimum absolute atomic E-state index is 0. The van der Waals surface area contributed by atoms with E-state index in [2.05, 4.69) is 0 Å². The predicted molar refractivity (Wildman–Crippen MR) is 33.7 cm³/mol. The molecule has 0 fully saturated rings. The minimum atomic E-state index is -4.89. The Kier molecular flexibility index (Phi) is 189. The van der Waals surface area contributed by atoms with Crippen LogP contribution in [0.15, 0.2) is 0 Å². The first-order valence-electron chi connectivity index (χ1n) is 0.765. The van der Waals surface area contributed by atoms with Crippen molar-refractivity contribution in [3.05, 3.63) is 0 Å². The van der Waals surface area contributed by atoms with E-state index < -0.39 is 7.82 Å². The predicted octanol–water partition coefficient (Wildman–Crippen LogP) is -9.50. The Labute approximate surface area is 89.6 Å². The molecule has 0 saturated carbocycles. The monoisotopic (exact) mass is 228 g/mol. The molecule has 14 N–H and O–H groups in total. The fourth-order valence-corrected chi connectivity index (χ4v) is 0. The van der Waals surface area contributed by atoms with Gasteiger partial charge in [0.1, 0.15) is 0 Å². The van der Waals surface area contributed by atoms with Gasteiger partial charge in [0.2, 0.25) is 0 Å². The summed E-state index contributed by atoms with van der Waals surface area (Å²) >= 11 is 0. The molecular weight excluding hydrogens is 214 g/mol. The molecule has 0 bridgehead atoms. The molecule has 0 aliphatic heterocycles. The second-order valence-corrected chi connectivity index (χ2v) is 1.47. The van der Waals surface area contributed by atoms with E-state index in [9.17, 15) is 0 Å². The molecule has 12 heteroatoms. The van der Waals surface area contributed by atoms with Crippen LogP contribution in [0, 0.1) is 0 Å². The maximum Gasteiger partial charge on any atom is 1.00 e. The van der Waals surface area contributed by atoms with Crippen molar-refractivity contribution in [2.75, 3.05) is 0 Å². The molecule has 0 aromatic heterocycles. The van der Waals surface area contributed by atoms with E-state index in [4.69, 9.17) is 19.2 Å². The van der Waals surface area contributed by atoms with Crippen molar-refractivity contribution in [2.24, 2.45) is 0 Å². The van der Waals surface area contributed by atoms with Crippen molar-refractivity contribution in [3.63, 3.8) is 0 Å². The molecule has 10 nitrogen and oxygen atoms in total. The average Bonchev–Trinajstić information content (AvgIpc) is 0.722. The molecule has 0 radical (unpaired) electrons. The van der Waals surface area contributed by atoms with E-state index >= 15 is 0 Å². The third-order valence-electron chi connectivity index (χ3n) is 0. The van der Waals surface area contributed by atoms with Gasteiger partial charge in [-0.2, -0.15) is 0 Å². The quantitative estimate of drug-likeness (QED) is 0.301. The van der Waals surface area contributed by atoms with Gasteiger partial charge in [-0.05, 0) is 0 Å². The van der Waals surface area contributed by atoms with E-state index in [1.807, 2.05) is 0 Å². The van der Waals surface area contributed by atoms with Crippen LogP contribution < -0.4 is 34.5 Å². The smallest absolute Gasteiger partial charge is 0.756 e. The maximum atomic E-state index is 8.77. The fraction of sp³-hybridized carbons (Fsp3) is 0. The van der Waals surface area contributed by atoms with E-state index in [-0.39, 0.29) is 62.4 Å². The molecule has 0 unspecified atom stereocenters. The van der Waals surface area contributed by atoms with Gasteiger partial charge in [-0.1, -0.05) is 0 Å². The van der Waals surface area contributed by atoms with Gasteiger partial charge < -0.3 is 47.5 Å². The molecule has 12 heavy (non-hydrogen) atoms. The first-order valence-corrected chi connectivity index (χ1v) is 2.30. The SMILES string of the molecule is O.O.O.O.O.O.O=P([O-])(O)O.[Na+]. The summed E-state index contributed by atoms with van der Waals surface area (Å²) in [5, 5.41) is 0. The van der Waals surface area contributed by atoms with Gasteiger partial charge in [-0.25, -0.2) is 0 Å². The Bertz CT molecular complexity index is 56.0. The molecule has 0 heterocycles. The van der Waals surface area contributed by atoms with Crippen molar-refractivity contribution in [1.29, 1.82) is 0 Å². The Morgan fingerprint density at radius 1 is 0.833 bits per heavy atom. The number of rotatable bonds is 0. The molecule has 0 saturated heterocycles. The van der Waals surface area contributed by atoms with Crippen LogP contribution in [0.2, 0.25) is 0 Å². The molecule has 0 atom stereocenters. The zero-order chi connectivity index (χ0) is 4.50. The molecule has 0 amide bonds. The van der Waals surface area contributed by atoms with Crippen LogP contribution >= 0.6 is 7.82 Å². The topological polar surface area (TPSA) is 270 Å². The Hall–Kier alpha value is 0.870. The normalized spacial score (nSPS) is 4.92. The average molecular weight is 228 g/mol.